The molecule has 5 heteroatoms. The standard InChI is InChI=1S/Li.Mn.Na.Ni.O.2H/q+1;+2;+1;;-2;2*-1. The average molecular weight is 162 g/mol. The molecule has 27 valence electrons. The predicted molar refractivity (Wildman–Crippen MR) is 2.91 cm³/mol. The van der Waals surface area contributed by atoms with Crippen molar-refractivity contribution in [3.05, 3.63) is 0 Å². The van der Waals surface area contributed by atoms with Crippen LogP contribution >= 0.6 is 0 Å². The monoisotopic (exact) mass is 161 g/mol. The molecule has 0 unspecified atom stereocenters. The summed E-state index contributed by atoms with van der Waals surface area (Å²) in [5.74, 6) is 0. The molecule has 0 aliphatic carbocycles. The Morgan fingerprint density at radius 1 is 1.20 bits per heavy atom. The van der Waals surface area contributed by atoms with Gasteiger partial charge in [-0.2, -0.15) is 0 Å². The van der Waals surface area contributed by atoms with E-state index in [0.717, 1.165) is 0 Å². The number of hydrogen-bond acceptors (Lipinski definition) is 0. The van der Waals surface area contributed by atoms with E-state index >= 15 is 0 Å². The van der Waals surface area contributed by atoms with E-state index in [2.05, 4.69) is 0 Å². The van der Waals surface area contributed by atoms with Gasteiger partial charge in [0.2, 0.25) is 0 Å². The fourth-order valence-corrected chi connectivity index (χ4v) is 0. The van der Waals surface area contributed by atoms with Crippen LogP contribution in [-0.4, -0.2) is 0 Å². The van der Waals surface area contributed by atoms with Crippen molar-refractivity contribution < 1.29 is 90.3 Å². The van der Waals surface area contributed by atoms with Gasteiger partial charge >= 0.3 is 65.5 Å². The van der Waals surface area contributed by atoms with Gasteiger partial charge in [-0.25, -0.2) is 0 Å². The smallest absolute Gasteiger partial charge is 2.00 e. The Hall–Kier alpha value is 2.57. The molecule has 0 aromatic rings. The maximum Gasteiger partial charge on any atom is 2.00 e. The molecule has 5 heavy (non-hydrogen) atoms. The molecule has 0 bridgehead atoms. The Kier molecular flexibility index (Phi) is 305. The topological polar surface area (TPSA) is 28.5 Å². The second kappa shape index (κ2) is 30.9. The SMILES string of the molecule is [H-].[H-].[Li+].[Mn+2].[Na+].[Ni].[O-2]. The zero-order valence-corrected chi connectivity index (χ0v) is 7.27. The number of rotatable bonds is 0. The molecule has 0 aliphatic rings. The maximum absolute atomic E-state index is 0. The molecule has 0 rings (SSSR count). The fourth-order valence-electron chi connectivity index (χ4n) is 0. The quantitative estimate of drug-likeness (QED) is 0.317. The summed E-state index contributed by atoms with van der Waals surface area (Å²) in [5.41, 5.74) is 0. The van der Waals surface area contributed by atoms with E-state index in [1.807, 2.05) is 0 Å². The third-order valence-corrected chi connectivity index (χ3v) is 0. The molecule has 0 saturated heterocycles. The van der Waals surface area contributed by atoms with Crippen molar-refractivity contribution in [2.24, 2.45) is 0 Å². The van der Waals surface area contributed by atoms with Gasteiger partial charge in [-0.05, 0) is 0 Å². The van der Waals surface area contributed by atoms with Crippen LogP contribution in [0.15, 0.2) is 0 Å². The molecule has 0 heterocycles. The minimum atomic E-state index is 0. The third kappa shape index (κ3) is 20.8. The van der Waals surface area contributed by atoms with Crippen molar-refractivity contribution in [3.63, 3.8) is 0 Å². The minimum Gasteiger partial charge on any atom is -2.00 e. The summed E-state index contributed by atoms with van der Waals surface area (Å²) in [7, 11) is 0. The summed E-state index contributed by atoms with van der Waals surface area (Å²) in [4.78, 5) is 0. The van der Waals surface area contributed by atoms with Crippen LogP contribution in [0.3, 0.4) is 0 Å². The Morgan fingerprint density at radius 2 is 1.20 bits per heavy atom. The zero-order chi connectivity index (χ0) is 0. The van der Waals surface area contributed by atoms with E-state index in [1.165, 1.54) is 0 Å². The molecule has 0 aliphatic heterocycles. The molecule has 0 N–H and O–H groups in total. The Bertz CT molecular complexity index is 17.7. The van der Waals surface area contributed by atoms with E-state index in [4.69, 9.17) is 0 Å². The summed E-state index contributed by atoms with van der Waals surface area (Å²) >= 11 is 0. The van der Waals surface area contributed by atoms with Gasteiger partial charge < -0.3 is 8.33 Å². The normalized spacial score (nSPS) is 0. The number of hydrogen-bond donors (Lipinski definition) is 0. The van der Waals surface area contributed by atoms with Crippen molar-refractivity contribution in [1.82, 2.24) is 0 Å². The molecule has 0 spiro atoms. The second-order valence-corrected chi connectivity index (χ2v) is 0. The molecular formula is H2LiMnNaNiO. The van der Waals surface area contributed by atoms with Gasteiger partial charge in [-0.3, -0.25) is 0 Å². The minimum absolute atomic E-state index is 0. The molecule has 0 amide bonds. The first-order chi connectivity index (χ1) is 0. The van der Waals surface area contributed by atoms with Crippen LogP contribution in [0.2, 0.25) is 0 Å². The van der Waals surface area contributed by atoms with Gasteiger partial charge in [0.25, 0.3) is 0 Å². The molecule has 0 atom stereocenters. The van der Waals surface area contributed by atoms with Gasteiger partial charge in [-0.1, -0.05) is 0 Å². The summed E-state index contributed by atoms with van der Waals surface area (Å²) in [6.45, 7) is 0. The van der Waals surface area contributed by atoms with Crippen molar-refractivity contribution in [1.29, 1.82) is 0 Å². The van der Waals surface area contributed by atoms with Crippen LogP contribution in [0.5, 0.6) is 0 Å². The van der Waals surface area contributed by atoms with Crippen LogP contribution in [0.4, 0.5) is 0 Å². The van der Waals surface area contributed by atoms with E-state index < -0.39 is 0 Å². The molecule has 0 saturated carbocycles. The first-order valence-corrected chi connectivity index (χ1v) is 0. The second-order valence-electron chi connectivity index (χ2n) is 0. The van der Waals surface area contributed by atoms with Crippen LogP contribution in [0, 0.1) is 0 Å². The molecule has 1 radical (unpaired) electrons. The first kappa shape index (κ1) is 49.5. The Labute approximate surface area is 89.2 Å². The summed E-state index contributed by atoms with van der Waals surface area (Å²) in [5, 5.41) is 0. The van der Waals surface area contributed by atoms with Crippen LogP contribution < -0.4 is 48.4 Å². The summed E-state index contributed by atoms with van der Waals surface area (Å²) in [6, 6.07) is 0. The average Bonchev–Trinajstić information content (AvgIpc) is 0. The molecular weight excluding hydrogens is 160 g/mol. The van der Waals surface area contributed by atoms with Gasteiger partial charge in [0.1, 0.15) is 0 Å². The molecule has 1 nitrogen and oxygen atoms in total. The van der Waals surface area contributed by atoms with Crippen molar-refractivity contribution >= 4 is 0 Å². The van der Waals surface area contributed by atoms with Crippen LogP contribution in [-0.2, 0) is 39.0 Å². The Morgan fingerprint density at radius 3 is 1.20 bits per heavy atom. The maximum atomic E-state index is 0. The van der Waals surface area contributed by atoms with Crippen molar-refractivity contribution in [2.75, 3.05) is 0 Å². The van der Waals surface area contributed by atoms with Crippen molar-refractivity contribution in [3.8, 4) is 0 Å². The van der Waals surface area contributed by atoms with Gasteiger partial charge in [-0.15, -0.1) is 0 Å². The Balaban J connectivity index is 0. The van der Waals surface area contributed by atoms with E-state index in [0.29, 0.717) is 0 Å². The van der Waals surface area contributed by atoms with E-state index in [9.17, 15) is 0 Å². The molecule has 0 fully saturated rings. The molecule has 0 aromatic carbocycles. The zero-order valence-electron chi connectivity index (χ0n) is 5.10. The third-order valence-electron chi connectivity index (χ3n) is 0. The first-order valence-electron chi connectivity index (χ1n) is 0. The summed E-state index contributed by atoms with van der Waals surface area (Å²) in [6.07, 6.45) is 0. The van der Waals surface area contributed by atoms with Crippen LogP contribution in [0.1, 0.15) is 2.85 Å². The van der Waals surface area contributed by atoms with Gasteiger partial charge in [0.15, 0.2) is 0 Å². The van der Waals surface area contributed by atoms with E-state index in [1.54, 1.807) is 0 Å². The van der Waals surface area contributed by atoms with Gasteiger partial charge in [0, 0.05) is 16.5 Å². The predicted octanol–water partition coefficient (Wildman–Crippen LogP) is -5.89. The molecule has 0 aromatic heterocycles. The largest absolute Gasteiger partial charge is 2.00 e. The van der Waals surface area contributed by atoms with Crippen LogP contribution in [0.25, 0.3) is 0 Å². The fraction of sp³-hybridized carbons (Fsp3) is 0. The van der Waals surface area contributed by atoms with E-state index in [-0.39, 0.29) is 90.3 Å². The van der Waals surface area contributed by atoms with Gasteiger partial charge in [0.05, 0.1) is 0 Å². The van der Waals surface area contributed by atoms with Crippen molar-refractivity contribution in [2.45, 2.75) is 0 Å². The summed E-state index contributed by atoms with van der Waals surface area (Å²) < 4.78 is 0.